The Balaban J connectivity index is 0.000000117. The minimum Gasteiger partial charge on any atom is -0.335 e. The zero-order valence-electron chi connectivity index (χ0n) is 11.5. The summed E-state index contributed by atoms with van der Waals surface area (Å²) in [4.78, 5) is 8.50. The first-order valence-corrected chi connectivity index (χ1v) is 7.43. The van der Waals surface area contributed by atoms with Gasteiger partial charge >= 0.3 is 0 Å². The molecule has 4 rings (SSSR count). The zero-order valence-corrected chi connectivity index (χ0v) is 11.5. The van der Waals surface area contributed by atoms with Gasteiger partial charge in [-0.15, -0.1) is 0 Å². The molecule has 19 heavy (non-hydrogen) atoms. The van der Waals surface area contributed by atoms with Crippen molar-refractivity contribution in [3.63, 3.8) is 0 Å². The molecular weight excluding hydrogens is 236 g/mol. The lowest BCUT2D eigenvalue weighted by atomic mass is 10.2. The summed E-state index contributed by atoms with van der Waals surface area (Å²) >= 11 is 0. The molecule has 4 heteroatoms. The molecule has 4 nitrogen and oxygen atoms in total. The molecule has 0 aromatic carbocycles. The van der Waals surface area contributed by atoms with Crippen LogP contribution in [0.15, 0.2) is 24.8 Å². The average Bonchev–Trinajstić information content (AvgIpc) is 3.04. The second-order valence-electron chi connectivity index (χ2n) is 5.34. The SMILES string of the molecule is c1cn2c(n1)CCCC2.c1cn2c(n1)CCCCC2. The summed E-state index contributed by atoms with van der Waals surface area (Å²) in [5, 5.41) is 0. The molecule has 0 amide bonds. The monoisotopic (exact) mass is 258 g/mol. The first-order chi connectivity index (χ1) is 9.43. The minimum absolute atomic E-state index is 1.17. The van der Waals surface area contributed by atoms with Crippen LogP contribution in [0, 0.1) is 0 Å². The van der Waals surface area contributed by atoms with Crippen molar-refractivity contribution >= 4 is 0 Å². The Kier molecular flexibility index (Phi) is 3.96. The molecule has 0 radical (unpaired) electrons. The molecule has 0 saturated carbocycles. The lowest BCUT2D eigenvalue weighted by Gasteiger charge is -2.11. The van der Waals surface area contributed by atoms with E-state index in [1.165, 1.54) is 69.7 Å². The molecule has 0 unspecified atom stereocenters. The summed E-state index contributed by atoms with van der Waals surface area (Å²) in [6.45, 7) is 2.35. The highest BCUT2D eigenvalue weighted by Gasteiger charge is 2.07. The molecule has 102 valence electrons. The third-order valence-electron chi connectivity index (χ3n) is 3.95. The van der Waals surface area contributed by atoms with Gasteiger partial charge in [-0.05, 0) is 25.7 Å². The third kappa shape index (κ3) is 3.06. The molecule has 4 heterocycles. The summed E-state index contributed by atoms with van der Waals surface area (Å²) in [6.07, 6.45) is 16.9. The Morgan fingerprint density at radius 2 is 1.21 bits per heavy atom. The summed E-state index contributed by atoms with van der Waals surface area (Å²) < 4.78 is 4.51. The maximum absolute atomic E-state index is 4.28. The van der Waals surface area contributed by atoms with Gasteiger partial charge < -0.3 is 9.13 Å². The predicted molar refractivity (Wildman–Crippen MR) is 74.9 cm³/mol. The van der Waals surface area contributed by atoms with E-state index < -0.39 is 0 Å². The Bertz CT molecular complexity index is 471. The van der Waals surface area contributed by atoms with Gasteiger partial charge in [-0.2, -0.15) is 0 Å². The van der Waals surface area contributed by atoms with E-state index in [1.807, 2.05) is 12.4 Å². The maximum atomic E-state index is 4.28. The van der Waals surface area contributed by atoms with Gasteiger partial charge in [0.15, 0.2) is 0 Å². The van der Waals surface area contributed by atoms with Gasteiger partial charge in [0.2, 0.25) is 0 Å². The number of aromatic nitrogens is 4. The van der Waals surface area contributed by atoms with E-state index in [9.17, 15) is 0 Å². The fourth-order valence-electron chi connectivity index (χ4n) is 2.85. The fourth-order valence-corrected chi connectivity index (χ4v) is 2.85. The Hall–Kier alpha value is -1.58. The van der Waals surface area contributed by atoms with Crippen molar-refractivity contribution in [1.82, 2.24) is 19.1 Å². The molecule has 0 bridgehead atoms. The summed E-state index contributed by atoms with van der Waals surface area (Å²) in [7, 11) is 0. The topological polar surface area (TPSA) is 35.6 Å². The maximum Gasteiger partial charge on any atom is 0.108 e. The number of fused-ring (bicyclic) bond motifs is 2. The molecule has 2 aliphatic heterocycles. The third-order valence-corrected chi connectivity index (χ3v) is 3.95. The van der Waals surface area contributed by atoms with Crippen molar-refractivity contribution in [3.8, 4) is 0 Å². The Morgan fingerprint density at radius 1 is 0.684 bits per heavy atom. The van der Waals surface area contributed by atoms with Crippen LogP contribution >= 0.6 is 0 Å². The molecule has 0 N–H and O–H groups in total. The van der Waals surface area contributed by atoms with Crippen LogP contribution in [-0.4, -0.2) is 19.1 Å². The zero-order chi connectivity index (χ0) is 12.9. The second kappa shape index (κ2) is 6.04. The molecule has 2 aromatic heterocycles. The highest BCUT2D eigenvalue weighted by molar-refractivity contribution is 4.95. The van der Waals surface area contributed by atoms with Gasteiger partial charge in [-0.1, -0.05) is 6.42 Å². The van der Waals surface area contributed by atoms with E-state index in [4.69, 9.17) is 0 Å². The van der Waals surface area contributed by atoms with Crippen molar-refractivity contribution in [2.45, 2.75) is 58.0 Å². The van der Waals surface area contributed by atoms with E-state index in [0.29, 0.717) is 0 Å². The van der Waals surface area contributed by atoms with Crippen LogP contribution in [0.4, 0.5) is 0 Å². The number of hydrogen-bond donors (Lipinski definition) is 0. The highest BCUT2D eigenvalue weighted by Crippen LogP contribution is 2.12. The van der Waals surface area contributed by atoms with Crippen molar-refractivity contribution in [1.29, 1.82) is 0 Å². The fraction of sp³-hybridized carbons (Fsp3) is 0.600. The Morgan fingerprint density at radius 3 is 1.84 bits per heavy atom. The van der Waals surface area contributed by atoms with Crippen LogP contribution in [0.5, 0.6) is 0 Å². The molecule has 0 spiro atoms. The number of aryl methyl sites for hydroxylation is 4. The van der Waals surface area contributed by atoms with E-state index in [0.717, 1.165) is 0 Å². The van der Waals surface area contributed by atoms with Gasteiger partial charge in [-0.25, -0.2) is 9.97 Å². The second-order valence-corrected chi connectivity index (χ2v) is 5.34. The van der Waals surface area contributed by atoms with Crippen molar-refractivity contribution in [2.24, 2.45) is 0 Å². The lowest BCUT2D eigenvalue weighted by Crippen LogP contribution is -2.08. The van der Waals surface area contributed by atoms with Crippen molar-refractivity contribution < 1.29 is 0 Å². The Labute approximate surface area is 114 Å². The first kappa shape index (κ1) is 12.5. The van der Waals surface area contributed by atoms with E-state index in [-0.39, 0.29) is 0 Å². The van der Waals surface area contributed by atoms with Crippen LogP contribution in [0.3, 0.4) is 0 Å². The van der Waals surface area contributed by atoms with Crippen LogP contribution in [0.1, 0.15) is 43.8 Å². The molecular formula is C15H22N4. The van der Waals surface area contributed by atoms with Crippen LogP contribution in [0.2, 0.25) is 0 Å². The molecule has 2 aromatic rings. The molecule has 0 fully saturated rings. The van der Waals surface area contributed by atoms with E-state index in [1.54, 1.807) is 0 Å². The summed E-state index contributed by atoms with van der Waals surface area (Å²) in [5.74, 6) is 2.54. The van der Waals surface area contributed by atoms with Gasteiger partial charge in [0.1, 0.15) is 11.6 Å². The smallest absolute Gasteiger partial charge is 0.108 e. The van der Waals surface area contributed by atoms with Gasteiger partial charge in [0.25, 0.3) is 0 Å². The van der Waals surface area contributed by atoms with Gasteiger partial charge in [-0.3, -0.25) is 0 Å². The van der Waals surface area contributed by atoms with Gasteiger partial charge in [0, 0.05) is 50.7 Å². The van der Waals surface area contributed by atoms with Crippen LogP contribution in [0.25, 0.3) is 0 Å². The lowest BCUT2D eigenvalue weighted by molar-refractivity contribution is 0.522. The van der Waals surface area contributed by atoms with Crippen LogP contribution in [-0.2, 0) is 25.9 Å². The largest absolute Gasteiger partial charge is 0.335 e. The quantitative estimate of drug-likeness (QED) is 0.728. The molecule has 0 saturated heterocycles. The van der Waals surface area contributed by atoms with Crippen molar-refractivity contribution in [3.05, 3.63) is 36.4 Å². The summed E-state index contributed by atoms with van der Waals surface area (Å²) in [6, 6.07) is 0. The van der Waals surface area contributed by atoms with Crippen molar-refractivity contribution in [2.75, 3.05) is 0 Å². The highest BCUT2D eigenvalue weighted by atomic mass is 15.1. The normalized spacial score (nSPS) is 17.7. The minimum atomic E-state index is 1.17. The summed E-state index contributed by atoms with van der Waals surface area (Å²) in [5.41, 5.74) is 0. The first-order valence-electron chi connectivity index (χ1n) is 7.43. The number of imidazole rings is 2. The molecule has 0 aliphatic carbocycles. The predicted octanol–water partition coefficient (Wildman–Crippen LogP) is 2.83. The van der Waals surface area contributed by atoms with Crippen LogP contribution < -0.4 is 0 Å². The average molecular weight is 258 g/mol. The number of nitrogens with zero attached hydrogens (tertiary/aromatic N) is 4. The number of rotatable bonds is 0. The number of hydrogen-bond acceptors (Lipinski definition) is 2. The molecule has 0 atom stereocenters. The van der Waals surface area contributed by atoms with Gasteiger partial charge in [0.05, 0.1) is 0 Å². The molecule has 2 aliphatic rings. The van der Waals surface area contributed by atoms with E-state index in [2.05, 4.69) is 31.5 Å². The standard InChI is InChI=1S/C8H12N2.C7H10N2/c1-2-4-8-9-5-7-10(8)6-3-1;1-2-5-9-6-4-8-7(9)3-1/h5,7H,1-4,6H2;4,6H,1-3,5H2. The van der Waals surface area contributed by atoms with E-state index >= 15 is 0 Å².